The van der Waals surface area contributed by atoms with Gasteiger partial charge in [0.1, 0.15) is 23.9 Å². The summed E-state index contributed by atoms with van der Waals surface area (Å²) in [6, 6.07) is 12.7. The average molecular weight is 361 g/mol. The lowest BCUT2D eigenvalue weighted by atomic mass is 10.2. The van der Waals surface area contributed by atoms with Crippen molar-refractivity contribution in [2.24, 2.45) is 4.99 Å². The minimum Gasteiger partial charge on any atom is -0.489 e. The van der Waals surface area contributed by atoms with Gasteiger partial charge < -0.3 is 10.1 Å². The Hall–Kier alpha value is -2.30. The van der Waals surface area contributed by atoms with Crippen LogP contribution in [0.3, 0.4) is 0 Å². The third kappa shape index (κ3) is 3.78. The highest BCUT2D eigenvalue weighted by atomic mass is 35.5. The van der Waals surface area contributed by atoms with Crippen molar-refractivity contribution in [3.63, 3.8) is 0 Å². The summed E-state index contributed by atoms with van der Waals surface area (Å²) in [5.41, 5.74) is 2.00. The summed E-state index contributed by atoms with van der Waals surface area (Å²) in [7, 11) is 0. The second kappa shape index (κ2) is 7.07. The standard InChI is InChI=1S/C18H14Cl2N2O2/c1-11-21-17(18(23)22-11)9-12-5-7-13(8-6-12)24-10-14-15(19)3-2-4-16(14)20/h2-9H,10H2,1H3,(H,21,22,23)/b17-9-. The molecule has 2 aromatic rings. The molecule has 1 N–H and O–H groups in total. The largest absolute Gasteiger partial charge is 0.489 e. The topological polar surface area (TPSA) is 50.7 Å². The lowest BCUT2D eigenvalue weighted by molar-refractivity contribution is -0.115. The molecule has 122 valence electrons. The SMILES string of the molecule is CC1=N/C(=C\c2ccc(OCc3c(Cl)cccc3Cl)cc2)C(=O)N1. The fourth-order valence-electron chi connectivity index (χ4n) is 2.23. The van der Waals surface area contributed by atoms with Gasteiger partial charge >= 0.3 is 0 Å². The van der Waals surface area contributed by atoms with Crippen molar-refractivity contribution in [2.75, 3.05) is 0 Å². The lowest BCUT2D eigenvalue weighted by Gasteiger charge is -2.09. The highest BCUT2D eigenvalue weighted by Crippen LogP contribution is 2.26. The van der Waals surface area contributed by atoms with E-state index in [1.807, 2.05) is 24.3 Å². The van der Waals surface area contributed by atoms with Crippen molar-refractivity contribution in [2.45, 2.75) is 13.5 Å². The number of hydrogen-bond donors (Lipinski definition) is 1. The number of rotatable bonds is 4. The second-order valence-electron chi connectivity index (χ2n) is 5.24. The number of ether oxygens (including phenoxy) is 1. The zero-order chi connectivity index (χ0) is 17.1. The van der Waals surface area contributed by atoms with Crippen molar-refractivity contribution < 1.29 is 9.53 Å². The molecule has 24 heavy (non-hydrogen) atoms. The molecule has 4 nitrogen and oxygen atoms in total. The number of benzene rings is 2. The highest BCUT2D eigenvalue weighted by molar-refractivity contribution is 6.35. The highest BCUT2D eigenvalue weighted by Gasteiger charge is 2.16. The van der Waals surface area contributed by atoms with E-state index in [9.17, 15) is 4.79 Å². The van der Waals surface area contributed by atoms with E-state index in [0.29, 0.717) is 27.3 Å². The van der Waals surface area contributed by atoms with E-state index in [4.69, 9.17) is 27.9 Å². The van der Waals surface area contributed by atoms with E-state index < -0.39 is 0 Å². The van der Waals surface area contributed by atoms with E-state index in [1.54, 1.807) is 31.2 Å². The van der Waals surface area contributed by atoms with Crippen LogP contribution in [-0.4, -0.2) is 11.7 Å². The Morgan fingerprint density at radius 1 is 1.12 bits per heavy atom. The summed E-state index contributed by atoms with van der Waals surface area (Å²) in [6.07, 6.45) is 1.72. The number of carbonyl (C=O) groups excluding carboxylic acids is 1. The van der Waals surface area contributed by atoms with Gasteiger partial charge in [-0.2, -0.15) is 0 Å². The third-order valence-electron chi connectivity index (χ3n) is 3.44. The Morgan fingerprint density at radius 3 is 2.38 bits per heavy atom. The van der Waals surface area contributed by atoms with Crippen molar-refractivity contribution in [3.05, 3.63) is 69.3 Å². The van der Waals surface area contributed by atoms with E-state index >= 15 is 0 Å². The Morgan fingerprint density at radius 2 is 1.79 bits per heavy atom. The molecule has 0 aliphatic carbocycles. The number of carbonyl (C=O) groups is 1. The van der Waals surface area contributed by atoms with Gasteiger partial charge in [0, 0.05) is 15.6 Å². The van der Waals surface area contributed by atoms with Crippen LogP contribution < -0.4 is 10.1 Å². The van der Waals surface area contributed by atoms with Crippen molar-refractivity contribution >= 4 is 41.0 Å². The maximum absolute atomic E-state index is 11.6. The van der Waals surface area contributed by atoms with Gasteiger partial charge in [-0.05, 0) is 42.8 Å². The van der Waals surface area contributed by atoms with Crippen LogP contribution in [0.2, 0.25) is 10.0 Å². The van der Waals surface area contributed by atoms with E-state index in [1.165, 1.54) is 0 Å². The zero-order valence-electron chi connectivity index (χ0n) is 12.8. The van der Waals surface area contributed by atoms with Crippen molar-refractivity contribution in [3.8, 4) is 5.75 Å². The van der Waals surface area contributed by atoms with E-state index in [-0.39, 0.29) is 12.5 Å². The molecule has 2 aromatic carbocycles. The molecule has 3 rings (SSSR count). The Bertz CT molecular complexity index is 822. The van der Waals surface area contributed by atoms with Crippen molar-refractivity contribution in [1.29, 1.82) is 0 Å². The molecule has 0 spiro atoms. The number of amidine groups is 1. The van der Waals surface area contributed by atoms with Crippen molar-refractivity contribution in [1.82, 2.24) is 5.32 Å². The molecule has 1 aliphatic rings. The molecule has 0 atom stereocenters. The molecular weight excluding hydrogens is 347 g/mol. The molecule has 1 heterocycles. The molecule has 0 saturated heterocycles. The maximum Gasteiger partial charge on any atom is 0.275 e. The van der Waals surface area contributed by atoms with Gasteiger partial charge in [0.05, 0.1) is 0 Å². The predicted molar refractivity (Wildman–Crippen MR) is 96.5 cm³/mol. The Kier molecular flexibility index (Phi) is 4.88. The summed E-state index contributed by atoms with van der Waals surface area (Å²) in [6.45, 7) is 2.03. The van der Waals surface area contributed by atoms with Crippen LogP contribution in [0.5, 0.6) is 5.75 Å². The first-order valence-electron chi connectivity index (χ1n) is 7.27. The van der Waals surface area contributed by atoms with Gasteiger partial charge in [-0.25, -0.2) is 4.99 Å². The number of nitrogens with zero attached hydrogens (tertiary/aromatic N) is 1. The fourth-order valence-corrected chi connectivity index (χ4v) is 2.74. The minimum atomic E-state index is -0.193. The number of aliphatic imine (C=N–C) groups is 1. The molecule has 1 aliphatic heterocycles. The van der Waals surface area contributed by atoms with E-state index in [2.05, 4.69) is 10.3 Å². The molecule has 0 bridgehead atoms. The van der Waals surface area contributed by atoms with Crippen LogP contribution in [0.15, 0.2) is 53.2 Å². The molecular formula is C18H14Cl2N2O2. The number of hydrogen-bond acceptors (Lipinski definition) is 3. The molecule has 1 amide bonds. The normalized spacial score (nSPS) is 15.4. The third-order valence-corrected chi connectivity index (χ3v) is 4.15. The van der Waals surface area contributed by atoms with Crippen LogP contribution >= 0.6 is 23.2 Å². The summed E-state index contributed by atoms with van der Waals surface area (Å²) in [4.78, 5) is 15.8. The van der Waals surface area contributed by atoms with Crippen LogP contribution in [0, 0.1) is 0 Å². The fraction of sp³-hybridized carbons (Fsp3) is 0.111. The monoisotopic (exact) mass is 360 g/mol. The predicted octanol–water partition coefficient (Wildman–Crippen LogP) is 4.46. The average Bonchev–Trinajstić information content (AvgIpc) is 2.86. The summed E-state index contributed by atoms with van der Waals surface area (Å²) in [5.74, 6) is 1.09. The summed E-state index contributed by atoms with van der Waals surface area (Å²) < 4.78 is 5.72. The van der Waals surface area contributed by atoms with Gasteiger partial charge in [0.15, 0.2) is 0 Å². The minimum absolute atomic E-state index is 0.193. The second-order valence-corrected chi connectivity index (χ2v) is 6.05. The first kappa shape index (κ1) is 16.6. The van der Waals surface area contributed by atoms with Crippen LogP contribution in [0.4, 0.5) is 0 Å². The molecule has 6 heteroatoms. The zero-order valence-corrected chi connectivity index (χ0v) is 14.4. The molecule has 0 unspecified atom stereocenters. The Labute approximate surface area is 149 Å². The molecule has 0 saturated carbocycles. The molecule has 0 aromatic heterocycles. The first-order chi connectivity index (χ1) is 11.5. The maximum atomic E-state index is 11.6. The summed E-state index contributed by atoms with van der Waals surface area (Å²) >= 11 is 12.2. The first-order valence-corrected chi connectivity index (χ1v) is 8.02. The van der Waals surface area contributed by atoms with Gasteiger partial charge in [-0.15, -0.1) is 0 Å². The summed E-state index contributed by atoms with van der Waals surface area (Å²) in [5, 5.41) is 3.79. The number of nitrogens with one attached hydrogen (secondary N) is 1. The van der Waals surface area contributed by atoms with Crippen LogP contribution in [0.1, 0.15) is 18.1 Å². The van der Waals surface area contributed by atoms with Gasteiger partial charge in [0.2, 0.25) is 0 Å². The smallest absolute Gasteiger partial charge is 0.275 e. The van der Waals surface area contributed by atoms with Crippen LogP contribution in [-0.2, 0) is 11.4 Å². The van der Waals surface area contributed by atoms with Crippen LogP contribution in [0.25, 0.3) is 6.08 Å². The molecule has 0 fully saturated rings. The molecule has 0 radical (unpaired) electrons. The van der Waals surface area contributed by atoms with Gasteiger partial charge in [-0.3, -0.25) is 4.79 Å². The number of amides is 1. The number of halogens is 2. The Balaban J connectivity index is 1.69. The quantitative estimate of drug-likeness (QED) is 0.818. The lowest BCUT2D eigenvalue weighted by Crippen LogP contribution is -2.21. The van der Waals surface area contributed by atoms with Gasteiger partial charge in [0.25, 0.3) is 5.91 Å². The van der Waals surface area contributed by atoms with E-state index in [0.717, 1.165) is 11.1 Å². The van der Waals surface area contributed by atoms with Gasteiger partial charge in [-0.1, -0.05) is 41.4 Å².